The highest BCUT2D eigenvalue weighted by Gasteiger charge is 2.12. The number of hydrogen-bond donors (Lipinski definition) is 2. The number of H-pyrrole nitrogens is 1. The lowest BCUT2D eigenvalue weighted by atomic mass is 10.1. The van der Waals surface area contributed by atoms with Gasteiger partial charge in [-0.3, -0.25) is 9.59 Å². The van der Waals surface area contributed by atoms with Gasteiger partial charge in [-0.2, -0.15) is 0 Å². The second-order valence-electron chi connectivity index (χ2n) is 4.61. The zero-order valence-corrected chi connectivity index (χ0v) is 11.3. The van der Waals surface area contributed by atoms with Crippen LogP contribution in [0.1, 0.15) is 21.6 Å². The number of nitrogens with two attached hydrogens (primary N) is 1. The number of amides is 1. The highest BCUT2D eigenvalue weighted by molar-refractivity contribution is 5.91. The summed E-state index contributed by atoms with van der Waals surface area (Å²) in [6, 6.07) is 12.3. The standard InChI is InChI=1S/C15H17N3O2/c1-18(10-12-7-5-11(9-16)6-8-12)15(20)13-3-2-4-14(19)17-13/h2-8H,9-10,16H2,1H3,(H,17,19). The number of hydrogen-bond acceptors (Lipinski definition) is 3. The van der Waals surface area contributed by atoms with E-state index < -0.39 is 0 Å². The van der Waals surface area contributed by atoms with Crippen LogP contribution in [0.5, 0.6) is 0 Å². The van der Waals surface area contributed by atoms with Crippen LogP contribution in [-0.2, 0) is 13.1 Å². The maximum absolute atomic E-state index is 12.2. The Hall–Kier alpha value is -2.40. The quantitative estimate of drug-likeness (QED) is 0.874. The van der Waals surface area contributed by atoms with Crippen LogP contribution >= 0.6 is 0 Å². The Balaban J connectivity index is 2.09. The Bertz CT molecular complexity index is 647. The van der Waals surface area contributed by atoms with Crippen LogP contribution in [0.15, 0.2) is 47.3 Å². The molecule has 3 N–H and O–H groups in total. The lowest BCUT2D eigenvalue weighted by molar-refractivity contribution is 0.0779. The van der Waals surface area contributed by atoms with E-state index in [1.807, 2.05) is 24.3 Å². The highest BCUT2D eigenvalue weighted by Crippen LogP contribution is 2.08. The first-order valence-electron chi connectivity index (χ1n) is 6.33. The van der Waals surface area contributed by atoms with E-state index in [9.17, 15) is 9.59 Å². The van der Waals surface area contributed by atoms with Crippen LogP contribution in [0.25, 0.3) is 0 Å². The number of benzene rings is 1. The minimum Gasteiger partial charge on any atom is -0.336 e. The molecule has 0 radical (unpaired) electrons. The van der Waals surface area contributed by atoms with Gasteiger partial charge in [0.05, 0.1) is 0 Å². The van der Waals surface area contributed by atoms with E-state index in [4.69, 9.17) is 5.73 Å². The molecule has 20 heavy (non-hydrogen) atoms. The number of pyridine rings is 1. The minimum absolute atomic E-state index is 0.217. The molecule has 1 aromatic heterocycles. The van der Waals surface area contributed by atoms with Gasteiger partial charge in [-0.05, 0) is 17.2 Å². The van der Waals surface area contributed by atoms with E-state index in [1.54, 1.807) is 24.1 Å². The van der Waals surface area contributed by atoms with Crippen molar-refractivity contribution in [2.45, 2.75) is 13.1 Å². The molecule has 0 unspecified atom stereocenters. The van der Waals surface area contributed by atoms with Crippen molar-refractivity contribution in [1.82, 2.24) is 9.88 Å². The molecular weight excluding hydrogens is 254 g/mol. The number of carbonyl (C=O) groups excluding carboxylic acids is 1. The van der Waals surface area contributed by atoms with Crippen molar-refractivity contribution >= 4 is 5.91 Å². The van der Waals surface area contributed by atoms with E-state index in [1.165, 1.54) is 6.07 Å². The Kier molecular flexibility index (Phi) is 4.32. The Labute approximate surface area is 117 Å². The Morgan fingerprint density at radius 3 is 2.40 bits per heavy atom. The number of carbonyl (C=O) groups is 1. The van der Waals surface area contributed by atoms with Crippen LogP contribution in [0.3, 0.4) is 0 Å². The zero-order chi connectivity index (χ0) is 14.5. The summed E-state index contributed by atoms with van der Waals surface area (Å²) in [5.41, 5.74) is 7.61. The molecule has 0 bridgehead atoms. The van der Waals surface area contributed by atoms with Gasteiger partial charge in [0.2, 0.25) is 5.56 Å². The summed E-state index contributed by atoms with van der Waals surface area (Å²) in [5, 5.41) is 0. The van der Waals surface area contributed by atoms with Gasteiger partial charge in [0, 0.05) is 26.2 Å². The molecule has 5 heteroatoms. The zero-order valence-electron chi connectivity index (χ0n) is 11.3. The van der Waals surface area contributed by atoms with Gasteiger partial charge in [0.25, 0.3) is 5.91 Å². The lowest BCUT2D eigenvalue weighted by Gasteiger charge is -2.17. The number of nitrogens with one attached hydrogen (secondary N) is 1. The highest BCUT2D eigenvalue weighted by atomic mass is 16.2. The second kappa shape index (κ2) is 6.16. The third kappa shape index (κ3) is 3.33. The summed E-state index contributed by atoms with van der Waals surface area (Å²) < 4.78 is 0. The predicted octanol–water partition coefficient (Wildman–Crippen LogP) is 1.11. The molecule has 0 aliphatic heterocycles. The molecule has 1 heterocycles. The maximum atomic E-state index is 12.2. The maximum Gasteiger partial charge on any atom is 0.270 e. The largest absolute Gasteiger partial charge is 0.336 e. The first kappa shape index (κ1) is 14.0. The molecule has 0 aliphatic rings. The number of aromatic amines is 1. The van der Waals surface area contributed by atoms with Gasteiger partial charge in [0.15, 0.2) is 0 Å². The SMILES string of the molecule is CN(Cc1ccc(CN)cc1)C(=O)c1cccc(=O)[nH]1. The molecule has 1 aromatic carbocycles. The second-order valence-corrected chi connectivity index (χ2v) is 4.61. The summed E-state index contributed by atoms with van der Waals surface area (Å²) in [6.07, 6.45) is 0. The van der Waals surface area contributed by atoms with Crippen molar-refractivity contribution in [2.24, 2.45) is 5.73 Å². The molecule has 1 amide bonds. The van der Waals surface area contributed by atoms with Crippen LogP contribution < -0.4 is 11.3 Å². The minimum atomic E-state index is -0.281. The smallest absolute Gasteiger partial charge is 0.270 e. The van der Waals surface area contributed by atoms with E-state index in [-0.39, 0.29) is 11.5 Å². The normalized spacial score (nSPS) is 10.3. The third-order valence-corrected chi connectivity index (χ3v) is 3.02. The molecule has 5 nitrogen and oxygen atoms in total. The average Bonchev–Trinajstić information content (AvgIpc) is 2.47. The van der Waals surface area contributed by atoms with Gasteiger partial charge < -0.3 is 15.6 Å². The van der Waals surface area contributed by atoms with Gasteiger partial charge in [-0.25, -0.2) is 0 Å². The molecule has 0 spiro atoms. The number of rotatable bonds is 4. The van der Waals surface area contributed by atoms with Gasteiger partial charge in [0.1, 0.15) is 5.69 Å². The monoisotopic (exact) mass is 271 g/mol. The van der Waals surface area contributed by atoms with E-state index in [2.05, 4.69) is 4.98 Å². The summed E-state index contributed by atoms with van der Waals surface area (Å²) in [7, 11) is 1.70. The predicted molar refractivity (Wildman–Crippen MR) is 77.2 cm³/mol. The molecule has 0 aliphatic carbocycles. The van der Waals surface area contributed by atoms with Crippen LogP contribution in [0.2, 0.25) is 0 Å². The first-order valence-corrected chi connectivity index (χ1v) is 6.33. The summed E-state index contributed by atoms with van der Waals surface area (Å²) in [6.45, 7) is 0.973. The van der Waals surface area contributed by atoms with Gasteiger partial charge in [-0.1, -0.05) is 30.3 Å². The Morgan fingerprint density at radius 1 is 1.15 bits per heavy atom. The van der Waals surface area contributed by atoms with Crippen molar-refractivity contribution in [3.8, 4) is 0 Å². The summed E-state index contributed by atoms with van der Waals surface area (Å²) in [4.78, 5) is 27.5. The van der Waals surface area contributed by atoms with Crippen LogP contribution in [-0.4, -0.2) is 22.8 Å². The van der Waals surface area contributed by atoms with Crippen molar-refractivity contribution in [3.63, 3.8) is 0 Å². The van der Waals surface area contributed by atoms with Gasteiger partial charge in [-0.15, -0.1) is 0 Å². The third-order valence-electron chi connectivity index (χ3n) is 3.02. The Morgan fingerprint density at radius 2 is 1.80 bits per heavy atom. The molecular formula is C15H17N3O2. The molecule has 2 rings (SSSR count). The topological polar surface area (TPSA) is 79.2 Å². The molecule has 2 aromatic rings. The van der Waals surface area contributed by atoms with Crippen LogP contribution in [0, 0.1) is 0 Å². The van der Waals surface area contributed by atoms with E-state index >= 15 is 0 Å². The van der Waals surface area contributed by atoms with E-state index in [0.717, 1.165) is 11.1 Å². The molecule has 104 valence electrons. The fourth-order valence-corrected chi connectivity index (χ4v) is 1.90. The van der Waals surface area contributed by atoms with Crippen molar-refractivity contribution in [2.75, 3.05) is 7.05 Å². The molecule has 0 fully saturated rings. The number of aromatic nitrogens is 1. The molecule has 0 saturated heterocycles. The average molecular weight is 271 g/mol. The van der Waals surface area contributed by atoms with Crippen molar-refractivity contribution in [3.05, 3.63) is 69.6 Å². The number of nitrogens with zero attached hydrogens (tertiary/aromatic N) is 1. The fourth-order valence-electron chi connectivity index (χ4n) is 1.90. The summed E-state index contributed by atoms with van der Waals surface area (Å²) >= 11 is 0. The lowest BCUT2D eigenvalue weighted by Crippen LogP contribution is -2.28. The van der Waals surface area contributed by atoms with E-state index in [0.29, 0.717) is 18.8 Å². The molecule has 0 saturated carbocycles. The molecule has 0 atom stereocenters. The van der Waals surface area contributed by atoms with Gasteiger partial charge >= 0.3 is 0 Å². The fraction of sp³-hybridized carbons (Fsp3) is 0.200. The van der Waals surface area contributed by atoms with Crippen molar-refractivity contribution < 1.29 is 4.79 Å². The summed E-state index contributed by atoms with van der Waals surface area (Å²) in [5.74, 6) is -0.217. The first-order chi connectivity index (χ1) is 9.60. The van der Waals surface area contributed by atoms with Crippen molar-refractivity contribution in [1.29, 1.82) is 0 Å². The van der Waals surface area contributed by atoms with Crippen LogP contribution in [0.4, 0.5) is 0 Å².